The molecule has 3 rings (SSSR count). The molecular formula is C13H16BrN3S. The van der Waals surface area contributed by atoms with Crippen molar-refractivity contribution in [2.75, 3.05) is 12.0 Å². The molecule has 96 valence electrons. The lowest BCUT2D eigenvalue weighted by Gasteiger charge is -2.15. The van der Waals surface area contributed by atoms with Crippen LogP contribution in [0.3, 0.4) is 0 Å². The van der Waals surface area contributed by atoms with Crippen LogP contribution in [-0.4, -0.2) is 21.1 Å². The van der Waals surface area contributed by atoms with Gasteiger partial charge in [0.25, 0.3) is 0 Å². The summed E-state index contributed by atoms with van der Waals surface area (Å²) in [5, 5.41) is 0.763. The highest BCUT2D eigenvalue weighted by Crippen LogP contribution is 2.39. The lowest BCUT2D eigenvalue weighted by molar-refractivity contribution is 0.540. The molecule has 3 nitrogen and oxygen atoms in total. The molecule has 2 unspecified atom stereocenters. The number of fused-ring (bicyclic) bond motifs is 1. The number of anilines is 1. The summed E-state index contributed by atoms with van der Waals surface area (Å²) in [7, 11) is 0. The molecule has 2 aromatic rings. The van der Waals surface area contributed by atoms with Crippen LogP contribution in [0.4, 0.5) is 5.95 Å². The van der Waals surface area contributed by atoms with Gasteiger partial charge in [0, 0.05) is 15.8 Å². The van der Waals surface area contributed by atoms with Gasteiger partial charge in [0.1, 0.15) is 0 Å². The number of imidazole rings is 1. The van der Waals surface area contributed by atoms with Gasteiger partial charge >= 0.3 is 0 Å². The summed E-state index contributed by atoms with van der Waals surface area (Å²) >= 11 is 5.49. The first kappa shape index (κ1) is 12.4. The van der Waals surface area contributed by atoms with Crippen molar-refractivity contribution < 1.29 is 0 Å². The Kier molecular flexibility index (Phi) is 3.28. The van der Waals surface area contributed by atoms with Gasteiger partial charge in [0.05, 0.1) is 11.0 Å². The van der Waals surface area contributed by atoms with Crippen molar-refractivity contribution in [3.8, 4) is 0 Å². The fraction of sp³-hybridized carbons (Fsp3) is 0.462. The number of nitrogens with zero attached hydrogens (tertiary/aromatic N) is 2. The molecule has 5 heteroatoms. The highest BCUT2D eigenvalue weighted by molar-refractivity contribution is 9.10. The number of aromatic nitrogens is 2. The third kappa shape index (κ3) is 2.03. The second kappa shape index (κ2) is 4.78. The van der Waals surface area contributed by atoms with Crippen molar-refractivity contribution in [1.82, 2.24) is 9.55 Å². The third-order valence-electron chi connectivity index (χ3n) is 3.73. The van der Waals surface area contributed by atoms with Crippen LogP contribution >= 0.6 is 27.7 Å². The van der Waals surface area contributed by atoms with Crippen LogP contribution < -0.4 is 5.73 Å². The van der Waals surface area contributed by atoms with Crippen molar-refractivity contribution in [3.63, 3.8) is 0 Å². The molecule has 0 amide bonds. The maximum Gasteiger partial charge on any atom is 0.201 e. The summed E-state index contributed by atoms with van der Waals surface area (Å²) in [6, 6.07) is 6.65. The zero-order valence-electron chi connectivity index (χ0n) is 10.3. The topological polar surface area (TPSA) is 43.8 Å². The quantitative estimate of drug-likeness (QED) is 0.912. The molecule has 1 heterocycles. The number of hydrogen-bond donors (Lipinski definition) is 1. The lowest BCUT2D eigenvalue weighted by Crippen LogP contribution is -2.09. The predicted octanol–water partition coefficient (Wildman–Crippen LogP) is 3.84. The zero-order chi connectivity index (χ0) is 12.7. The van der Waals surface area contributed by atoms with Crippen LogP contribution in [0.15, 0.2) is 22.7 Å². The second-order valence-corrected chi connectivity index (χ2v) is 6.85. The smallest absolute Gasteiger partial charge is 0.201 e. The molecule has 1 aliphatic rings. The highest BCUT2D eigenvalue weighted by atomic mass is 79.9. The Morgan fingerprint density at radius 1 is 1.44 bits per heavy atom. The molecule has 0 aliphatic heterocycles. The normalized spacial score (nSPS) is 23.9. The predicted molar refractivity (Wildman–Crippen MR) is 82.0 cm³/mol. The van der Waals surface area contributed by atoms with Crippen LogP contribution in [0, 0.1) is 0 Å². The van der Waals surface area contributed by atoms with Crippen molar-refractivity contribution >= 4 is 44.7 Å². The molecule has 0 bridgehead atoms. The third-order valence-corrected chi connectivity index (χ3v) is 5.32. The molecule has 1 saturated carbocycles. The van der Waals surface area contributed by atoms with Crippen LogP contribution in [0.2, 0.25) is 0 Å². The molecule has 2 N–H and O–H groups in total. The van der Waals surface area contributed by atoms with Gasteiger partial charge in [0.2, 0.25) is 5.95 Å². The van der Waals surface area contributed by atoms with E-state index in [4.69, 9.17) is 5.73 Å². The van der Waals surface area contributed by atoms with E-state index in [0.29, 0.717) is 12.0 Å². The molecule has 1 aliphatic carbocycles. The Morgan fingerprint density at radius 3 is 3.00 bits per heavy atom. The van der Waals surface area contributed by atoms with Gasteiger partial charge in [-0.25, -0.2) is 4.98 Å². The highest BCUT2D eigenvalue weighted by Gasteiger charge is 2.27. The SMILES string of the molecule is CSC1CCC(n2c(N)nc3ccc(Br)cc32)C1. The average molecular weight is 326 g/mol. The van der Waals surface area contributed by atoms with Gasteiger partial charge < -0.3 is 10.3 Å². The molecule has 0 radical (unpaired) electrons. The van der Waals surface area contributed by atoms with Crippen LogP contribution in [-0.2, 0) is 0 Å². The number of halogens is 1. The van der Waals surface area contributed by atoms with Crippen molar-refractivity contribution in [2.45, 2.75) is 30.6 Å². The summed E-state index contributed by atoms with van der Waals surface area (Å²) < 4.78 is 3.30. The molecule has 18 heavy (non-hydrogen) atoms. The number of rotatable bonds is 2. The maximum atomic E-state index is 6.10. The summed E-state index contributed by atoms with van der Waals surface area (Å²) in [6.45, 7) is 0. The molecule has 1 aromatic carbocycles. The van der Waals surface area contributed by atoms with Gasteiger partial charge in [-0.1, -0.05) is 15.9 Å². The first-order valence-electron chi connectivity index (χ1n) is 6.15. The van der Waals surface area contributed by atoms with Gasteiger partial charge in [-0.05, 0) is 43.7 Å². The van der Waals surface area contributed by atoms with E-state index in [1.807, 2.05) is 23.9 Å². The molecule has 2 atom stereocenters. The van der Waals surface area contributed by atoms with Crippen LogP contribution in [0.5, 0.6) is 0 Å². The van der Waals surface area contributed by atoms with E-state index in [1.54, 1.807) is 0 Å². The first-order chi connectivity index (χ1) is 8.69. The monoisotopic (exact) mass is 325 g/mol. The van der Waals surface area contributed by atoms with Crippen LogP contribution in [0.25, 0.3) is 11.0 Å². The summed E-state index contributed by atoms with van der Waals surface area (Å²) in [6.07, 6.45) is 5.87. The van der Waals surface area contributed by atoms with Crippen LogP contribution in [0.1, 0.15) is 25.3 Å². The zero-order valence-corrected chi connectivity index (χ0v) is 12.7. The lowest BCUT2D eigenvalue weighted by atomic mass is 10.2. The number of nitrogens with two attached hydrogens (primary N) is 1. The first-order valence-corrected chi connectivity index (χ1v) is 8.23. The fourth-order valence-corrected chi connectivity index (χ4v) is 3.97. The Balaban J connectivity index is 2.05. The van der Waals surface area contributed by atoms with E-state index < -0.39 is 0 Å². The van der Waals surface area contributed by atoms with Gasteiger partial charge in [0.15, 0.2) is 0 Å². The van der Waals surface area contributed by atoms with E-state index in [2.05, 4.69) is 37.8 Å². The van der Waals surface area contributed by atoms with E-state index >= 15 is 0 Å². The van der Waals surface area contributed by atoms with Gasteiger partial charge in [-0.3, -0.25) is 0 Å². The van der Waals surface area contributed by atoms with E-state index in [9.17, 15) is 0 Å². The van der Waals surface area contributed by atoms with E-state index in [1.165, 1.54) is 19.3 Å². The Labute approximate surface area is 119 Å². The maximum absolute atomic E-state index is 6.10. The Hall–Kier alpha value is -0.680. The second-order valence-electron chi connectivity index (χ2n) is 4.80. The van der Waals surface area contributed by atoms with Crippen molar-refractivity contribution in [2.24, 2.45) is 0 Å². The molecule has 0 spiro atoms. The van der Waals surface area contributed by atoms with E-state index in [0.717, 1.165) is 20.8 Å². The minimum absolute atomic E-state index is 0.502. The van der Waals surface area contributed by atoms with Crippen molar-refractivity contribution in [3.05, 3.63) is 22.7 Å². The Morgan fingerprint density at radius 2 is 2.28 bits per heavy atom. The van der Waals surface area contributed by atoms with E-state index in [-0.39, 0.29) is 0 Å². The van der Waals surface area contributed by atoms with Crippen molar-refractivity contribution in [1.29, 1.82) is 0 Å². The largest absolute Gasteiger partial charge is 0.369 e. The average Bonchev–Trinajstić information content (AvgIpc) is 2.92. The summed E-state index contributed by atoms with van der Waals surface area (Å²) in [5.41, 5.74) is 8.24. The number of thioether (sulfide) groups is 1. The fourth-order valence-electron chi connectivity index (χ4n) is 2.83. The summed E-state index contributed by atoms with van der Waals surface area (Å²) in [5.74, 6) is 0.648. The van der Waals surface area contributed by atoms with Gasteiger partial charge in [-0.2, -0.15) is 11.8 Å². The Bertz CT molecular complexity index is 581. The molecular weight excluding hydrogens is 310 g/mol. The summed E-state index contributed by atoms with van der Waals surface area (Å²) in [4.78, 5) is 4.46. The molecule has 1 aromatic heterocycles. The van der Waals surface area contributed by atoms with Gasteiger partial charge in [-0.15, -0.1) is 0 Å². The molecule has 1 fully saturated rings. The minimum Gasteiger partial charge on any atom is -0.369 e. The number of benzene rings is 1. The minimum atomic E-state index is 0.502. The standard InChI is InChI=1S/C13H16BrN3S/c1-18-10-4-3-9(7-10)17-12-6-8(14)2-5-11(12)16-13(17)15/h2,5-6,9-10H,3-4,7H2,1H3,(H2,15,16). The number of hydrogen-bond acceptors (Lipinski definition) is 3. The number of nitrogen functional groups attached to an aromatic ring is 1. The molecule has 0 saturated heterocycles.